The lowest BCUT2D eigenvalue weighted by Gasteiger charge is -2.01. The molecule has 4 rings (SSSR count). The highest BCUT2D eigenvalue weighted by Crippen LogP contribution is 2.26. The summed E-state index contributed by atoms with van der Waals surface area (Å²) in [4.78, 5) is 22.1. The molecule has 1 amide bonds. The third-order valence-electron chi connectivity index (χ3n) is 3.52. The smallest absolute Gasteiger partial charge is 0.276 e. The summed E-state index contributed by atoms with van der Waals surface area (Å²) in [7, 11) is 0. The Morgan fingerprint density at radius 2 is 2.00 bits per heavy atom. The van der Waals surface area contributed by atoms with E-state index in [0.717, 1.165) is 10.5 Å². The molecule has 0 radical (unpaired) electrons. The van der Waals surface area contributed by atoms with Crippen LogP contribution in [0, 0.1) is 12.7 Å². The molecule has 0 aliphatic heterocycles. The van der Waals surface area contributed by atoms with Crippen LogP contribution in [0.3, 0.4) is 0 Å². The number of aromatic nitrogens is 3. The molecule has 0 aliphatic carbocycles. The van der Waals surface area contributed by atoms with Crippen LogP contribution in [0.15, 0.2) is 41.2 Å². The molecule has 3 aromatic heterocycles. The zero-order chi connectivity index (χ0) is 16.7. The fraction of sp³-hybridized carbons (Fsp3) is 0.0625. The van der Waals surface area contributed by atoms with Gasteiger partial charge in [-0.1, -0.05) is 0 Å². The van der Waals surface area contributed by atoms with Gasteiger partial charge in [0.25, 0.3) is 5.91 Å². The Balaban J connectivity index is 1.59. The number of halogens is 1. The molecule has 0 atom stereocenters. The standard InChI is InChI=1S/C16H11FN4OS2/c1-9-13(21-6-7-23-16(21)18-9)14(22)20-15-19-12(8-24-15)10-2-4-11(17)5-3-10/h2-8H,1H3,(H,19,20,22). The van der Waals surface area contributed by atoms with Gasteiger partial charge < -0.3 is 0 Å². The van der Waals surface area contributed by atoms with E-state index in [-0.39, 0.29) is 11.7 Å². The summed E-state index contributed by atoms with van der Waals surface area (Å²) < 4.78 is 14.8. The van der Waals surface area contributed by atoms with E-state index in [1.807, 2.05) is 17.0 Å². The van der Waals surface area contributed by atoms with Gasteiger partial charge in [0, 0.05) is 22.5 Å². The van der Waals surface area contributed by atoms with Crippen molar-refractivity contribution in [3.05, 3.63) is 58.4 Å². The van der Waals surface area contributed by atoms with E-state index < -0.39 is 0 Å². The number of amides is 1. The molecule has 1 N–H and O–H groups in total. The predicted octanol–water partition coefficient (Wildman–Crippen LogP) is 4.22. The lowest BCUT2D eigenvalue weighted by Crippen LogP contribution is -2.15. The van der Waals surface area contributed by atoms with E-state index in [4.69, 9.17) is 0 Å². The van der Waals surface area contributed by atoms with Gasteiger partial charge in [-0.05, 0) is 31.2 Å². The molecule has 24 heavy (non-hydrogen) atoms. The van der Waals surface area contributed by atoms with Gasteiger partial charge in [-0.2, -0.15) is 0 Å². The van der Waals surface area contributed by atoms with Gasteiger partial charge in [0.05, 0.1) is 11.4 Å². The maximum atomic E-state index is 13.0. The minimum atomic E-state index is -0.293. The molecule has 3 heterocycles. The van der Waals surface area contributed by atoms with Crippen LogP contribution in [0.25, 0.3) is 16.2 Å². The molecule has 0 unspecified atom stereocenters. The number of nitrogens with one attached hydrogen (secondary N) is 1. The molecule has 8 heteroatoms. The molecule has 5 nitrogen and oxygen atoms in total. The first-order chi connectivity index (χ1) is 11.6. The molecule has 0 saturated heterocycles. The van der Waals surface area contributed by atoms with Crippen LogP contribution in [0.2, 0.25) is 0 Å². The zero-order valence-electron chi connectivity index (χ0n) is 12.5. The van der Waals surface area contributed by atoms with Crippen molar-refractivity contribution in [3.63, 3.8) is 0 Å². The van der Waals surface area contributed by atoms with Crippen molar-refractivity contribution in [2.75, 3.05) is 5.32 Å². The van der Waals surface area contributed by atoms with Crippen molar-refractivity contribution in [2.24, 2.45) is 0 Å². The third kappa shape index (κ3) is 2.59. The zero-order valence-corrected chi connectivity index (χ0v) is 14.1. The average molecular weight is 358 g/mol. The number of aryl methyl sites for hydroxylation is 1. The minimum Gasteiger partial charge on any atom is -0.296 e. The SMILES string of the molecule is Cc1nc2sccn2c1C(=O)Nc1nc(-c2ccc(F)cc2)cs1. The number of hydrogen-bond donors (Lipinski definition) is 1. The Morgan fingerprint density at radius 3 is 2.79 bits per heavy atom. The van der Waals surface area contributed by atoms with Crippen LogP contribution in [0.4, 0.5) is 9.52 Å². The molecule has 0 spiro atoms. The van der Waals surface area contributed by atoms with E-state index in [9.17, 15) is 9.18 Å². The van der Waals surface area contributed by atoms with Crippen molar-refractivity contribution >= 4 is 38.7 Å². The number of rotatable bonds is 3. The van der Waals surface area contributed by atoms with Crippen LogP contribution < -0.4 is 5.32 Å². The van der Waals surface area contributed by atoms with E-state index >= 15 is 0 Å². The van der Waals surface area contributed by atoms with Crippen molar-refractivity contribution in [3.8, 4) is 11.3 Å². The van der Waals surface area contributed by atoms with Crippen LogP contribution in [0.5, 0.6) is 0 Å². The number of anilines is 1. The number of nitrogens with zero attached hydrogens (tertiary/aromatic N) is 3. The Morgan fingerprint density at radius 1 is 1.21 bits per heavy atom. The summed E-state index contributed by atoms with van der Waals surface area (Å²) in [5.41, 5.74) is 2.68. The Kier molecular flexibility index (Phi) is 3.62. The monoisotopic (exact) mass is 358 g/mol. The number of carbonyl (C=O) groups is 1. The van der Waals surface area contributed by atoms with Gasteiger partial charge in [-0.3, -0.25) is 14.5 Å². The highest BCUT2D eigenvalue weighted by Gasteiger charge is 2.18. The Hall–Kier alpha value is -2.58. The highest BCUT2D eigenvalue weighted by atomic mass is 32.1. The Labute approximate surface area is 144 Å². The van der Waals surface area contributed by atoms with Crippen molar-refractivity contribution in [2.45, 2.75) is 6.92 Å². The molecular formula is C16H11FN4OS2. The van der Waals surface area contributed by atoms with Crippen molar-refractivity contribution in [1.82, 2.24) is 14.4 Å². The molecule has 0 aliphatic rings. The quantitative estimate of drug-likeness (QED) is 0.596. The predicted molar refractivity (Wildman–Crippen MR) is 93.3 cm³/mol. The topological polar surface area (TPSA) is 59.3 Å². The van der Waals surface area contributed by atoms with Gasteiger partial charge in [-0.15, -0.1) is 22.7 Å². The molecule has 0 bridgehead atoms. The van der Waals surface area contributed by atoms with Crippen LogP contribution in [0.1, 0.15) is 16.2 Å². The van der Waals surface area contributed by atoms with Gasteiger partial charge in [0.2, 0.25) is 0 Å². The first kappa shape index (κ1) is 15.0. The minimum absolute atomic E-state index is 0.251. The maximum Gasteiger partial charge on any atom is 0.276 e. The molecular weight excluding hydrogens is 347 g/mol. The van der Waals surface area contributed by atoms with Crippen LogP contribution in [-0.2, 0) is 0 Å². The number of carbonyl (C=O) groups excluding carboxylic acids is 1. The van der Waals surface area contributed by atoms with Gasteiger partial charge >= 0.3 is 0 Å². The van der Waals surface area contributed by atoms with E-state index in [0.29, 0.717) is 22.2 Å². The van der Waals surface area contributed by atoms with Crippen LogP contribution in [-0.4, -0.2) is 20.3 Å². The van der Waals surface area contributed by atoms with E-state index in [1.54, 1.807) is 23.5 Å². The summed E-state index contributed by atoms with van der Waals surface area (Å²) in [5, 5.41) is 7.01. The number of hydrogen-bond acceptors (Lipinski definition) is 5. The summed E-state index contributed by atoms with van der Waals surface area (Å²) in [6, 6.07) is 6.09. The van der Waals surface area contributed by atoms with Crippen molar-refractivity contribution < 1.29 is 9.18 Å². The largest absolute Gasteiger partial charge is 0.296 e. The molecule has 4 aromatic rings. The second-order valence-electron chi connectivity index (χ2n) is 5.10. The lowest BCUT2D eigenvalue weighted by molar-refractivity contribution is 0.102. The molecule has 120 valence electrons. The van der Waals surface area contributed by atoms with E-state index in [1.165, 1.54) is 34.8 Å². The highest BCUT2D eigenvalue weighted by molar-refractivity contribution is 7.15. The molecule has 1 aromatic carbocycles. The summed E-state index contributed by atoms with van der Waals surface area (Å²) in [5.74, 6) is -0.545. The summed E-state index contributed by atoms with van der Waals surface area (Å²) in [6.45, 7) is 1.81. The number of imidazole rings is 1. The number of thiazole rings is 2. The first-order valence-electron chi connectivity index (χ1n) is 7.07. The first-order valence-corrected chi connectivity index (χ1v) is 8.83. The normalized spacial score (nSPS) is 11.1. The Bertz CT molecular complexity index is 1030. The lowest BCUT2D eigenvalue weighted by atomic mass is 10.2. The molecule has 0 fully saturated rings. The van der Waals surface area contributed by atoms with Crippen molar-refractivity contribution in [1.29, 1.82) is 0 Å². The van der Waals surface area contributed by atoms with Gasteiger partial charge in [0.15, 0.2) is 10.1 Å². The average Bonchev–Trinajstić information content (AvgIpc) is 3.24. The second kappa shape index (κ2) is 5.81. The third-order valence-corrected chi connectivity index (χ3v) is 5.03. The molecule has 0 saturated carbocycles. The number of fused-ring (bicyclic) bond motifs is 1. The second-order valence-corrected chi connectivity index (χ2v) is 6.83. The maximum absolute atomic E-state index is 13.0. The van der Waals surface area contributed by atoms with Crippen LogP contribution >= 0.6 is 22.7 Å². The number of benzene rings is 1. The van der Waals surface area contributed by atoms with Gasteiger partial charge in [0.1, 0.15) is 11.5 Å². The summed E-state index contributed by atoms with van der Waals surface area (Å²) in [6.07, 6.45) is 1.82. The summed E-state index contributed by atoms with van der Waals surface area (Å²) >= 11 is 2.80. The fourth-order valence-electron chi connectivity index (χ4n) is 2.41. The van der Waals surface area contributed by atoms with E-state index in [2.05, 4.69) is 15.3 Å². The van der Waals surface area contributed by atoms with Gasteiger partial charge in [-0.25, -0.2) is 14.4 Å². The fourth-order valence-corrected chi connectivity index (χ4v) is 3.88.